The van der Waals surface area contributed by atoms with Crippen LogP contribution in [0, 0.1) is 5.92 Å². The molecule has 33 heavy (non-hydrogen) atoms. The summed E-state index contributed by atoms with van der Waals surface area (Å²) in [5.41, 5.74) is 0.972. The molecule has 2 amide bonds. The Morgan fingerprint density at radius 3 is 2.73 bits per heavy atom. The normalized spacial score (nSPS) is 29.8. The number of nitrogens with one attached hydrogen (secondary N) is 3. The second-order valence-corrected chi connectivity index (χ2v) is 10.2. The largest absolute Gasteiger partial charge is 0.366 e. The van der Waals surface area contributed by atoms with Gasteiger partial charge in [0.25, 0.3) is 5.91 Å². The Morgan fingerprint density at radius 1 is 1.24 bits per heavy atom. The summed E-state index contributed by atoms with van der Waals surface area (Å²) in [6.45, 7) is 5.76. The first-order valence-electron chi connectivity index (χ1n) is 11.6. The number of hydrogen-bond donors (Lipinski definition) is 3. The first-order chi connectivity index (χ1) is 15.8. The number of alkyl halides is 1. The number of hydrogen-bond acceptors (Lipinski definition) is 6. The summed E-state index contributed by atoms with van der Waals surface area (Å²) >= 11 is 6.49. The molecule has 4 aliphatic rings. The lowest BCUT2D eigenvalue weighted by molar-refractivity contribution is -0.144. The lowest BCUT2D eigenvalue weighted by Crippen LogP contribution is -2.60. The number of carbonyl (C=O) groups is 3. The highest BCUT2D eigenvalue weighted by atomic mass is 35.5. The van der Waals surface area contributed by atoms with Gasteiger partial charge >= 0.3 is 0 Å². The van der Waals surface area contributed by atoms with Crippen LogP contribution in [-0.2, 0) is 14.3 Å². The highest BCUT2D eigenvalue weighted by Crippen LogP contribution is 2.41. The van der Waals surface area contributed by atoms with Gasteiger partial charge < -0.3 is 25.6 Å². The quantitative estimate of drug-likeness (QED) is 0.583. The van der Waals surface area contributed by atoms with Crippen LogP contribution in [0.4, 0.5) is 11.4 Å². The van der Waals surface area contributed by atoms with E-state index in [-0.39, 0.29) is 36.7 Å². The molecule has 4 atom stereocenters. The second-order valence-electron chi connectivity index (χ2n) is 9.61. The van der Waals surface area contributed by atoms with Gasteiger partial charge in [-0.25, -0.2) is 0 Å². The van der Waals surface area contributed by atoms with E-state index in [4.69, 9.17) is 16.3 Å². The molecule has 1 unspecified atom stereocenters. The van der Waals surface area contributed by atoms with Crippen LogP contribution >= 0.6 is 11.6 Å². The molecular weight excluding hydrogens is 444 g/mol. The first kappa shape index (κ1) is 22.2. The lowest BCUT2D eigenvalue weighted by Gasteiger charge is -2.38. The fourth-order valence-electron chi connectivity index (χ4n) is 5.67. The second kappa shape index (κ2) is 8.33. The number of benzene rings is 1. The fraction of sp³-hybridized carbons (Fsp3) is 0.542. The lowest BCUT2D eigenvalue weighted by atomic mass is 9.82. The molecule has 0 spiro atoms. The molecule has 9 heteroatoms. The number of likely N-dealkylation sites (tertiary alicyclic amines) is 1. The van der Waals surface area contributed by atoms with Gasteiger partial charge in [0.15, 0.2) is 5.78 Å². The van der Waals surface area contributed by atoms with Crippen LogP contribution in [0.15, 0.2) is 30.6 Å². The topological polar surface area (TPSA) is 99.8 Å². The maximum Gasteiger partial charge on any atom is 0.252 e. The average Bonchev–Trinajstić information content (AvgIpc) is 3.42. The summed E-state index contributed by atoms with van der Waals surface area (Å²) < 4.78 is 5.63. The van der Waals surface area contributed by atoms with E-state index in [0.29, 0.717) is 11.4 Å². The highest BCUT2D eigenvalue weighted by Gasteiger charge is 2.61. The SMILES string of the molecule is C=C1Nc2ccc(C(=O)N[C@H](C(=O)N3C[C@H](Cl)[C@H]4OCC(=O)C43C)C3CCCCC3)cc2N1. The molecule has 3 heterocycles. The van der Waals surface area contributed by atoms with Crippen LogP contribution in [0.25, 0.3) is 0 Å². The zero-order valence-electron chi connectivity index (χ0n) is 18.7. The summed E-state index contributed by atoms with van der Waals surface area (Å²) in [6.07, 6.45) is 4.34. The predicted molar refractivity (Wildman–Crippen MR) is 125 cm³/mol. The third-order valence-corrected chi connectivity index (χ3v) is 7.92. The van der Waals surface area contributed by atoms with E-state index in [1.165, 1.54) is 0 Å². The smallest absolute Gasteiger partial charge is 0.252 e. The minimum absolute atomic E-state index is 0.0121. The molecule has 176 valence electrons. The summed E-state index contributed by atoms with van der Waals surface area (Å²) in [6, 6.07) is 4.56. The molecule has 3 N–H and O–H groups in total. The summed E-state index contributed by atoms with van der Waals surface area (Å²) in [4.78, 5) is 41.4. The van der Waals surface area contributed by atoms with Crippen molar-refractivity contribution in [1.29, 1.82) is 0 Å². The number of Topliss-reactive ketones (excluding diaryl/α,β-unsaturated/α-hetero) is 1. The van der Waals surface area contributed by atoms with Gasteiger partial charge in [-0.05, 0) is 43.9 Å². The van der Waals surface area contributed by atoms with E-state index >= 15 is 0 Å². The van der Waals surface area contributed by atoms with Gasteiger partial charge in [-0.1, -0.05) is 25.8 Å². The number of carbonyl (C=O) groups excluding carboxylic acids is 3. The zero-order chi connectivity index (χ0) is 23.3. The van der Waals surface area contributed by atoms with E-state index in [2.05, 4.69) is 22.5 Å². The van der Waals surface area contributed by atoms with E-state index < -0.39 is 23.1 Å². The van der Waals surface area contributed by atoms with Crippen molar-refractivity contribution in [3.8, 4) is 0 Å². The van der Waals surface area contributed by atoms with Gasteiger partial charge in [-0.3, -0.25) is 14.4 Å². The molecule has 0 aromatic heterocycles. The third-order valence-electron chi connectivity index (χ3n) is 7.55. The van der Waals surface area contributed by atoms with E-state index in [1.54, 1.807) is 24.0 Å². The van der Waals surface area contributed by atoms with Crippen molar-refractivity contribution in [2.24, 2.45) is 5.92 Å². The molecule has 1 aromatic rings. The van der Waals surface area contributed by atoms with Gasteiger partial charge in [0.2, 0.25) is 5.91 Å². The Hall–Kier alpha value is -2.58. The predicted octanol–water partition coefficient (Wildman–Crippen LogP) is 2.85. The summed E-state index contributed by atoms with van der Waals surface area (Å²) in [5.74, 6) is -0.0562. The van der Waals surface area contributed by atoms with E-state index in [1.807, 2.05) is 6.07 Å². The van der Waals surface area contributed by atoms with Crippen LogP contribution < -0.4 is 16.0 Å². The zero-order valence-corrected chi connectivity index (χ0v) is 19.4. The Balaban J connectivity index is 1.41. The summed E-state index contributed by atoms with van der Waals surface area (Å²) in [5, 5.41) is 8.73. The minimum atomic E-state index is -1.09. The number of nitrogens with zero attached hydrogens (tertiary/aromatic N) is 1. The minimum Gasteiger partial charge on any atom is -0.366 e. The van der Waals surface area contributed by atoms with Crippen LogP contribution in [0.2, 0.25) is 0 Å². The molecule has 2 saturated heterocycles. The maximum atomic E-state index is 13.9. The van der Waals surface area contributed by atoms with Crippen LogP contribution in [0.3, 0.4) is 0 Å². The molecule has 3 aliphatic heterocycles. The third kappa shape index (κ3) is 3.69. The number of anilines is 2. The molecule has 1 aliphatic carbocycles. The maximum absolute atomic E-state index is 13.9. The number of ether oxygens (including phenoxy) is 1. The number of rotatable bonds is 4. The Labute approximate surface area is 198 Å². The van der Waals surface area contributed by atoms with E-state index in [9.17, 15) is 14.4 Å². The molecule has 5 rings (SSSR count). The van der Waals surface area contributed by atoms with Crippen molar-refractivity contribution < 1.29 is 19.1 Å². The molecule has 0 bridgehead atoms. The Bertz CT molecular complexity index is 1020. The summed E-state index contributed by atoms with van der Waals surface area (Å²) in [7, 11) is 0. The van der Waals surface area contributed by atoms with Crippen LogP contribution in [0.1, 0.15) is 49.4 Å². The number of halogens is 1. The number of amides is 2. The highest BCUT2D eigenvalue weighted by molar-refractivity contribution is 6.22. The Kier molecular flexibility index (Phi) is 5.61. The average molecular weight is 473 g/mol. The van der Waals surface area contributed by atoms with Crippen molar-refractivity contribution in [3.05, 3.63) is 36.2 Å². The van der Waals surface area contributed by atoms with Crippen LogP contribution in [0.5, 0.6) is 0 Å². The van der Waals surface area contributed by atoms with Crippen molar-refractivity contribution in [1.82, 2.24) is 10.2 Å². The van der Waals surface area contributed by atoms with Crippen molar-refractivity contribution in [3.63, 3.8) is 0 Å². The molecule has 0 radical (unpaired) electrons. The fourth-order valence-corrected chi connectivity index (χ4v) is 6.12. The van der Waals surface area contributed by atoms with Gasteiger partial charge in [-0.15, -0.1) is 11.6 Å². The van der Waals surface area contributed by atoms with Gasteiger partial charge in [0, 0.05) is 12.1 Å². The molecule has 3 fully saturated rings. The molecule has 8 nitrogen and oxygen atoms in total. The Morgan fingerprint density at radius 2 is 1.97 bits per heavy atom. The van der Waals surface area contributed by atoms with Crippen LogP contribution in [-0.4, -0.2) is 58.7 Å². The molecule has 1 saturated carbocycles. The molecular formula is C24H29ClN4O4. The van der Waals surface area contributed by atoms with Crippen molar-refractivity contribution >= 4 is 40.6 Å². The number of ketones is 1. The number of fused-ring (bicyclic) bond motifs is 2. The first-order valence-corrected chi connectivity index (χ1v) is 12.0. The standard InChI is InChI=1S/C24H29ClN4O4/c1-13-26-17-9-8-15(10-18(17)27-13)22(31)28-20(14-6-4-3-5-7-14)23(32)29-11-16(25)21-24(29,2)19(30)12-33-21/h8-10,14,16,20-21,26-27H,1,3-7,11-12H2,2H3,(H,28,31)/t16-,20-,21+,24?/m0/s1. The van der Waals surface area contributed by atoms with Gasteiger partial charge in [0.1, 0.15) is 30.1 Å². The van der Waals surface area contributed by atoms with Gasteiger partial charge in [0.05, 0.1) is 16.8 Å². The van der Waals surface area contributed by atoms with Crippen molar-refractivity contribution in [2.75, 3.05) is 23.8 Å². The molecule has 1 aromatic carbocycles. The monoisotopic (exact) mass is 472 g/mol. The van der Waals surface area contributed by atoms with E-state index in [0.717, 1.165) is 43.5 Å². The van der Waals surface area contributed by atoms with Gasteiger partial charge in [-0.2, -0.15) is 0 Å². The van der Waals surface area contributed by atoms with Crippen molar-refractivity contribution in [2.45, 2.75) is 62.1 Å².